The molecule has 222 valence electrons. The average Bonchev–Trinajstić information content (AvgIpc) is 3.40. The van der Waals surface area contributed by atoms with Crippen molar-refractivity contribution in [3.8, 4) is 22.6 Å². The van der Waals surface area contributed by atoms with Gasteiger partial charge in [-0.15, -0.1) is 0 Å². The number of benzene rings is 3. The van der Waals surface area contributed by atoms with Gasteiger partial charge in [-0.3, -0.25) is 4.90 Å². The van der Waals surface area contributed by atoms with Crippen LogP contribution in [0.2, 0.25) is 0 Å². The van der Waals surface area contributed by atoms with Gasteiger partial charge in [0.2, 0.25) is 0 Å². The number of hydrogen-bond acceptors (Lipinski definition) is 2. The summed E-state index contributed by atoms with van der Waals surface area (Å²) in [7, 11) is 0. The van der Waals surface area contributed by atoms with Gasteiger partial charge in [0.1, 0.15) is 5.82 Å². The van der Waals surface area contributed by atoms with Crippen LogP contribution in [-0.2, 0) is 19.3 Å². The lowest BCUT2D eigenvalue weighted by molar-refractivity contribution is -0.137. The van der Waals surface area contributed by atoms with E-state index < -0.39 is 11.7 Å². The molecule has 4 aromatic rings. The lowest BCUT2D eigenvalue weighted by Crippen LogP contribution is -2.34. The zero-order valence-electron chi connectivity index (χ0n) is 24.8. The van der Waals surface area contributed by atoms with Gasteiger partial charge >= 0.3 is 6.18 Å². The lowest BCUT2D eigenvalue weighted by atomic mass is 9.88. The van der Waals surface area contributed by atoms with Crippen LogP contribution in [0.5, 0.6) is 0 Å². The molecule has 0 aliphatic heterocycles. The Hall–Kier alpha value is -3.38. The molecule has 42 heavy (non-hydrogen) atoms. The van der Waals surface area contributed by atoms with Crippen LogP contribution in [0.4, 0.5) is 13.2 Å². The highest BCUT2D eigenvalue weighted by atomic mass is 19.4. The molecule has 1 aliphatic rings. The number of alkyl halides is 3. The number of halogens is 3. The molecule has 3 aromatic carbocycles. The molecule has 0 bridgehead atoms. The second-order valence-electron chi connectivity index (χ2n) is 11.7. The van der Waals surface area contributed by atoms with Gasteiger partial charge in [-0.2, -0.15) is 13.2 Å². The van der Waals surface area contributed by atoms with E-state index in [1.54, 1.807) is 0 Å². The highest BCUT2D eigenvalue weighted by Crippen LogP contribution is 2.38. The third-order valence-corrected chi connectivity index (χ3v) is 8.62. The molecule has 0 amide bonds. The van der Waals surface area contributed by atoms with Crippen LogP contribution in [0.15, 0.2) is 84.9 Å². The maximum Gasteiger partial charge on any atom is 0.416 e. The van der Waals surface area contributed by atoms with Crippen molar-refractivity contribution in [3.63, 3.8) is 0 Å². The van der Waals surface area contributed by atoms with Crippen molar-refractivity contribution in [2.24, 2.45) is 5.92 Å². The number of nitrogens with zero attached hydrogens (tertiary/aromatic N) is 3. The molecule has 0 radical (unpaired) electrons. The molecule has 0 spiro atoms. The summed E-state index contributed by atoms with van der Waals surface area (Å²) in [5, 5.41) is 0. The molecule has 6 heteroatoms. The van der Waals surface area contributed by atoms with Crippen LogP contribution in [0, 0.1) is 5.92 Å². The van der Waals surface area contributed by atoms with Crippen LogP contribution in [0.1, 0.15) is 81.7 Å². The molecule has 1 unspecified atom stereocenters. The van der Waals surface area contributed by atoms with E-state index in [1.807, 2.05) is 42.5 Å². The maximum atomic E-state index is 13.7. The smallest absolute Gasteiger partial charge is 0.326 e. The van der Waals surface area contributed by atoms with Crippen molar-refractivity contribution < 1.29 is 13.2 Å². The van der Waals surface area contributed by atoms with Crippen molar-refractivity contribution in [2.75, 3.05) is 6.54 Å². The largest absolute Gasteiger partial charge is 0.416 e. The average molecular weight is 574 g/mol. The fourth-order valence-electron chi connectivity index (χ4n) is 6.36. The van der Waals surface area contributed by atoms with Crippen molar-refractivity contribution in [2.45, 2.75) is 84.1 Å². The van der Waals surface area contributed by atoms with Crippen molar-refractivity contribution in [3.05, 3.63) is 102 Å². The van der Waals surface area contributed by atoms with Gasteiger partial charge < -0.3 is 4.57 Å². The third-order valence-electron chi connectivity index (χ3n) is 8.62. The SMILES string of the molecule is CCCCn1c(-c2ccccc2)nc(-c2ccccc2)c1C(C)N(Cc1cccc(C(F)(F)F)c1)CC1CCCCC1. The highest BCUT2D eigenvalue weighted by molar-refractivity contribution is 5.69. The van der Waals surface area contributed by atoms with E-state index in [-0.39, 0.29) is 6.04 Å². The maximum absolute atomic E-state index is 13.7. The van der Waals surface area contributed by atoms with Crippen LogP contribution >= 0.6 is 0 Å². The summed E-state index contributed by atoms with van der Waals surface area (Å²) >= 11 is 0. The normalized spacial score (nSPS) is 15.3. The highest BCUT2D eigenvalue weighted by Gasteiger charge is 2.32. The Balaban J connectivity index is 1.62. The summed E-state index contributed by atoms with van der Waals surface area (Å²) in [6.45, 7) is 6.56. The van der Waals surface area contributed by atoms with Gasteiger partial charge in [-0.05, 0) is 43.7 Å². The van der Waals surface area contributed by atoms with Gasteiger partial charge in [0.25, 0.3) is 0 Å². The predicted octanol–water partition coefficient (Wildman–Crippen LogP) is 10.2. The van der Waals surface area contributed by atoms with Crippen molar-refractivity contribution in [1.82, 2.24) is 14.5 Å². The summed E-state index contributed by atoms with van der Waals surface area (Å²) < 4.78 is 43.3. The van der Waals surface area contributed by atoms with Gasteiger partial charge in [0, 0.05) is 36.8 Å². The molecule has 0 N–H and O–H groups in total. The molecule has 0 saturated heterocycles. The Morgan fingerprint density at radius 1 is 0.881 bits per heavy atom. The summed E-state index contributed by atoms with van der Waals surface area (Å²) in [5.41, 5.74) is 4.32. The first kappa shape index (κ1) is 30.1. The topological polar surface area (TPSA) is 21.1 Å². The second kappa shape index (κ2) is 13.7. The molecule has 5 rings (SSSR count). The van der Waals surface area contributed by atoms with Crippen LogP contribution in [0.3, 0.4) is 0 Å². The quantitative estimate of drug-likeness (QED) is 0.178. The minimum Gasteiger partial charge on any atom is -0.326 e. The molecule has 1 aliphatic carbocycles. The molecular weight excluding hydrogens is 531 g/mol. The minimum atomic E-state index is -4.36. The van der Waals surface area contributed by atoms with E-state index in [0.717, 1.165) is 60.3 Å². The van der Waals surface area contributed by atoms with E-state index in [0.29, 0.717) is 18.0 Å². The molecular formula is C36H42F3N3. The Bertz CT molecular complexity index is 1410. The van der Waals surface area contributed by atoms with Crippen LogP contribution in [0.25, 0.3) is 22.6 Å². The zero-order chi connectivity index (χ0) is 29.5. The molecule has 1 saturated carbocycles. The minimum absolute atomic E-state index is 0.0570. The Morgan fingerprint density at radius 3 is 2.19 bits per heavy atom. The molecule has 3 nitrogen and oxygen atoms in total. The Kier molecular flexibility index (Phi) is 9.84. The number of rotatable bonds is 11. The fourth-order valence-corrected chi connectivity index (χ4v) is 6.36. The van der Waals surface area contributed by atoms with E-state index >= 15 is 0 Å². The second-order valence-corrected chi connectivity index (χ2v) is 11.7. The first-order valence-corrected chi connectivity index (χ1v) is 15.5. The number of hydrogen-bond donors (Lipinski definition) is 0. The van der Waals surface area contributed by atoms with E-state index in [1.165, 1.54) is 44.2 Å². The molecule has 1 heterocycles. The first-order chi connectivity index (χ1) is 20.3. The summed E-state index contributed by atoms with van der Waals surface area (Å²) in [4.78, 5) is 7.70. The summed E-state index contributed by atoms with van der Waals surface area (Å²) in [6, 6.07) is 26.4. The van der Waals surface area contributed by atoms with Crippen molar-refractivity contribution >= 4 is 0 Å². The Labute approximate surface area is 248 Å². The third kappa shape index (κ3) is 7.15. The van der Waals surface area contributed by atoms with Gasteiger partial charge in [0.05, 0.1) is 17.0 Å². The van der Waals surface area contributed by atoms with Gasteiger partial charge in [-0.1, -0.05) is 111 Å². The summed E-state index contributed by atoms with van der Waals surface area (Å²) in [6.07, 6.45) is 3.75. The number of unbranched alkanes of at least 4 members (excludes halogenated alkanes) is 1. The number of imidazole rings is 1. The van der Waals surface area contributed by atoms with Crippen LogP contribution in [-0.4, -0.2) is 21.0 Å². The van der Waals surface area contributed by atoms with E-state index in [9.17, 15) is 13.2 Å². The zero-order valence-corrected chi connectivity index (χ0v) is 24.8. The first-order valence-electron chi connectivity index (χ1n) is 15.5. The van der Waals surface area contributed by atoms with E-state index in [4.69, 9.17) is 4.98 Å². The number of aromatic nitrogens is 2. The Morgan fingerprint density at radius 2 is 1.55 bits per heavy atom. The summed E-state index contributed by atoms with van der Waals surface area (Å²) in [5.74, 6) is 1.48. The van der Waals surface area contributed by atoms with E-state index in [2.05, 4.69) is 47.6 Å². The van der Waals surface area contributed by atoms with Crippen molar-refractivity contribution in [1.29, 1.82) is 0 Å². The monoisotopic (exact) mass is 573 g/mol. The molecule has 1 aromatic heterocycles. The lowest BCUT2D eigenvalue weighted by Gasteiger charge is -2.35. The fraction of sp³-hybridized carbons (Fsp3) is 0.417. The molecule has 1 atom stereocenters. The standard InChI is InChI=1S/C36H42F3N3/c1-3-4-23-42-34(33(30-18-10-6-11-19-30)40-35(42)31-20-12-7-13-21-31)27(2)41(25-28-15-8-5-9-16-28)26-29-17-14-22-32(24-29)36(37,38)39/h6-7,10-14,17-22,24,27-28H,3-5,8-9,15-16,23,25-26H2,1-2H3. The van der Waals surface area contributed by atoms with Gasteiger partial charge in [-0.25, -0.2) is 4.98 Å². The predicted molar refractivity (Wildman–Crippen MR) is 165 cm³/mol. The molecule has 1 fully saturated rings. The van der Waals surface area contributed by atoms with Gasteiger partial charge in [0.15, 0.2) is 0 Å². The van der Waals surface area contributed by atoms with Crippen LogP contribution < -0.4 is 0 Å².